The van der Waals surface area contributed by atoms with Crippen molar-refractivity contribution in [1.82, 2.24) is 5.32 Å². The number of amides is 1. The summed E-state index contributed by atoms with van der Waals surface area (Å²) in [6.07, 6.45) is 0.907. The van der Waals surface area contributed by atoms with E-state index in [1.165, 1.54) is 12.5 Å². The monoisotopic (exact) mass is 317 g/mol. The maximum absolute atomic E-state index is 10.9. The lowest BCUT2D eigenvalue weighted by Crippen LogP contribution is -2.22. The standard InChI is InChI=1S/C18H20ClNO2/c1-13(11-12-20-14(2)21)15-7-9-16(10-8-15)22-18-6-4-3-5-17(18)19/h3-10,13H,11-12H2,1-2H3,(H,20,21). The number of ether oxygens (including phenoxy) is 1. The average Bonchev–Trinajstić information content (AvgIpc) is 2.50. The number of hydrogen-bond donors (Lipinski definition) is 1. The molecule has 1 atom stereocenters. The molecule has 0 saturated heterocycles. The molecule has 116 valence electrons. The molecule has 1 amide bonds. The van der Waals surface area contributed by atoms with E-state index < -0.39 is 0 Å². The van der Waals surface area contributed by atoms with E-state index in [0.29, 0.717) is 23.2 Å². The maximum Gasteiger partial charge on any atom is 0.216 e. The van der Waals surface area contributed by atoms with Gasteiger partial charge < -0.3 is 10.1 Å². The van der Waals surface area contributed by atoms with Crippen molar-refractivity contribution in [2.24, 2.45) is 0 Å². The predicted molar refractivity (Wildman–Crippen MR) is 89.7 cm³/mol. The number of rotatable bonds is 6. The summed E-state index contributed by atoms with van der Waals surface area (Å²) < 4.78 is 5.77. The molecule has 1 N–H and O–H groups in total. The molecule has 0 saturated carbocycles. The van der Waals surface area contributed by atoms with Crippen LogP contribution in [0.15, 0.2) is 48.5 Å². The lowest BCUT2D eigenvalue weighted by Gasteiger charge is -2.13. The highest BCUT2D eigenvalue weighted by Gasteiger charge is 2.07. The number of para-hydroxylation sites is 1. The molecule has 4 heteroatoms. The summed E-state index contributed by atoms with van der Waals surface area (Å²) in [5.74, 6) is 1.79. The molecule has 0 aliphatic rings. The number of carbonyl (C=O) groups excluding carboxylic acids is 1. The number of benzene rings is 2. The van der Waals surface area contributed by atoms with Crippen molar-refractivity contribution in [2.45, 2.75) is 26.2 Å². The van der Waals surface area contributed by atoms with Gasteiger partial charge in [0.05, 0.1) is 5.02 Å². The Morgan fingerprint density at radius 2 is 1.86 bits per heavy atom. The number of halogens is 1. The third kappa shape index (κ3) is 4.78. The molecule has 1 unspecified atom stereocenters. The van der Waals surface area contributed by atoms with E-state index >= 15 is 0 Å². The molecule has 0 aliphatic heterocycles. The second kappa shape index (κ2) is 7.85. The number of hydrogen-bond acceptors (Lipinski definition) is 2. The topological polar surface area (TPSA) is 38.3 Å². The third-order valence-electron chi connectivity index (χ3n) is 3.46. The zero-order valence-electron chi connectivity index (χ0n) is 12.8. The largest absolute Gasteiger partial charge is 0.456 e. The Hall–Kier alpha value is -2.00. The first-order valence-electron chi connectivity index (χ1n) is 7.33. The van der Waals surface area contributed by atoms with E-state index in [1.807, 2.05) is 42.5 Å². The zero-order chi connectivity index (χ0) is 15.9. The summed E-state index contributed by atoms with van der Waals surface area (Å²) >= 11 is 6.08. The van der Waals surface area contributed by atoms with Crippen LogP contribution in [-0.2, 0) is 4.79 Å². The van der Waals surface area contributed by atoms with Gasteiger partial charge in [-0.1, -0.05) is 42.8 Å². The van der Waals surface area contributed by atoms with Gasteiger partial charge in [0, 0.05) is 13.5 Å². The molecule has 0 bridgehead atoms. The van der Waals surface area contributed by atoms with Crippen LogP contribution in [0, 0.1) is 0 Å². The van der Waals surface area contributed by atoms with Crippen molar-refractivity contribution in [3.8, 4) is 11.5 Å². The fraction of sp³-hybridized carbons (Fsp3) is 0.278. The van der Waals surface area contributed by atoms with Gasteiger partial charge in [-0.05, 0) is 42.2 Å². The lowest BCUT2D eigenvalue weighted by molar-refractivity contribution is -0.118. The molecule has 22 heavy (non-hydrogen) atoms. The van der Waals surface area contributed by atoms with E-state index in [0.717, 1.165) is 12.2 Å². The summed E-state index contributed by atoms with van der Waals surface area (Å²) in [7, 11) is 0. The summed E-state index contributed by atoms with van der Waals surface area (Å²) in [6, 6.07) is 15.4. The molecular weight excluding hydrogens is 298 g/mol. The molecule has 2 aromatic rings. The summed E-state index contributed by atoms with van der Waals surface area (Å²) in [4.78, 5) is 10.9. The second-order valence-electron chi connectivity index (χ2n) is 5.27. The molecule has 0 radical (unpaired) electrons. The van der Waals surface area contributed by atoms with Gasteiger partial charge in [0.2, 0.25) is 5.91 Å². The Labute approximate surface area is 136 Å². The van der Waals surface area contributed by atoms with Crippen LogP contribution in [0.25, 0.3) is 0 Å². The minimum Gasteiger partial charge on any atom is -0.456 e. The average molecular weight is 318 g/mol. The third-order valence-corrected chi connectivity index (χ3v) is 3.78. The molecule has 0 aliphatic carbocycles. The van der Waals surface area contributed by atoms with E-state index in [4.69, 9.17) is 16.3 Å². The highest BCUT2D eigenvalue weighted by Crippen LogP contribution is 2.29. The van der Waals surface area contributed by atoms with Gasteiger partial charge in [0.25, 0.3) is 0 Å². The summed E-state index contributed by atoms with van der Waals surface area (Å²) in [5.41, 5.74) is 1.22. The van der Waals surface area contributed by atoms with Crippen molar-refractivity contribution in [3.05, 3.63) is 59.1 Å². The van der Waals surface area contributed by atoms with Crippen molar-refractivity contribution in [3.63, 3.8) is 0 Å². The molecule has 2 aromatic carbocycles. The smallest absolute Gasteiger partial charge is 0.216 e. The summed E-state index contributed by atoms with van der Waals surface area (Å²) in [6.45, 7) is 4.37. The molecule has 2 rings (SSSR count). The van der Waals surface area contributed by atoms with E-state index in [1.54, 1.807) is 6.07 Å². The molecule has 0 heterocycles. The van der Waals surface area contributed by atoms with Gasteiger partial charge in [-0.25, -0.2) is 0 Å². The van der Waals surface area contributed by atoms with Crippen LogP contribution >= 0.6 is 11.6 Å². The van der Waals surface area contributed by atoms with Crippen LogP contribution in [0.1, 0.15) is 31.7 Å². The Bertz CT molecular complexity index is 625. The first-order valence-corrected chi connectivity index (χ1v) is 7.71. The van der Waals surface area contributed by atoms with Crippen LogP contribution in [0.2, 0.25) is 5.02 Å². The van der Waals surface area contributed by atoms with Crippen LogP contribution in [0.3, 0.4) is 0 Å². The van der Waals surface area contributed by atoms with E-state index in [9.17, 15) is 4.79 Å². The molecular formula is C18H20ClNO2. The van der Waals surface area contributed by atoms with E-state index in [2.05, 4.69) is 12.2 Å². The Balaban J connectivity index is 1.95. The molecule has 0 spiro atoms. The van der Waals surface area contributed by atoms with Gasteiger partial charge in [0.15, 0.2) is 0 Å². The zero-order valence-corrected chi connectivity index (χ0v) is 13.6. The fourth-order valence-corrected chi connectivity index (χ4v) is 2.32. The van der Waals surface area contributed by atoms with Crippen molar-refractivity contribution in [1.29, 1.82) is 0 Å². The van der Waals surface area contributed by atoms with Crippen LogP contribution in [0.4, 0.5) is 0 Å². The van der Waals surface area contributed by atoms with Crippen LogP contribution in [0.5, 0.6) is 11.5 Å². The minimum absolute atomic E-state index is 0.00990. The minimum atomic E-state index is 0.00990. The van der Waals surface area contributed by atoms with Gasteiger partial charge >= 0.3 is 0 Å². The van der Waals surface area contributed by atoms with Crippen LogP contribution < -0.4 is 10.1 Å². The van der Waals surface area contributed by atoms with Gasteiger partial charge in [-0.2, -0.15) is 0 Å². The Morgan fingerprint density at radius 3 is 2.50 bits per heavy atom. The molecule has 0 aromatic heterocycles. The number of carbonyl (C=O) groups is 1. The Morgan fingerprint density at radius 1 is 1.18 bits per heavy atom. The van der Waals surface area contributed by atoms with Crippen molar-refractivity contribution < 1.29 is 9.53 Å². The Kier molecular flexibility index (Phi) is 5.84. The van der Waals surface area contributed by atoms with Crippen molar-refractivity contribution in [2.75, 3.05) is 6.54 Å². The van der Waals surface area contributed by atoms with Crippen molar-refractivity contribution >= 4 is 17.5 Å². The van der Waals surface area contributed by atoms with Gasteiger partial charge in [0.1, 0.15) is 11.5 Å². The highest BCUT2D eigenvalue weighted by atomic mass is 35.5. The molecule has 3 nitrogen and oxygen atoms in total. The normalized spacial score (nSPS) is 11.8. The SMILES string of the molecule is CC(=O)NCCC(C)c1ccc(Oc2ccccc2Cl)cc1. The second-order valence-corrected chi connectivity index (χ2v) is 5.68. The predicted octanol–water partition coefficient (Wildman–Crippen LogP) is 4.76. The first kappa shape index (κ1) is 16.4. The maximum atomic E-state index is 10.9. The summed E-state index contributed by atoms with van der Waals surface area (Å²) in [5, 5.41) is 3.41. The number of nitrogens with one attached hydrogen (secondary N) is 1. The van der Waals surface area contributed by atoms with E-state index in [-0.39, 0.29) is 5.91 Å². The fourth-order valence-electron chi connectivity index (χ4n) is 2.15. The van der Waals surface area contributed by atoms with Gasteiger partial charge in [-0.15, -0.1) is 0 Å². The van der Waals surface area contributed by atoms with Crippen LogP contribution in [-0.4, -0.2) is 12.5 Å². The quantitative estimate of drug-likeness (QED) is 0.834. The lowest BCUT2D eigenvalue weighted by atomic mass is 9.98. The van der Waals surface area contributed by atoms with Gasteiger partial charge in [-0.3, -0.25) is 4.79 Å². The molecule has 0 fully saturated rings. The first-order chi connectivity index (χ1) is 10.6. The highest BCUT2D eigenvalue weighted by molar-refractivity contribution is 6.32.